The Morgan fingerprint density at radius 3 is 2.33 bits per heavy atom. The summed E-state index contributed by atoms with van der Waals surface area (Å²) in [5, 5.41) is 12.4. The van der Waals surface area contributed by atoms with Crippen LogP contribution in [0.3, 0.4) is 0 Å². The molecule has 0 saturated carbocycles. The molecule has 0 fully saturated rings. The first-order chi connectivity index (χ1) is 7.02. The van der Waals surface area contributed by atoms with Gasteiger partial charge in [0.05, 0.1) is 6.07 Å². The summed E-state index contributed by atoms with van der Waals surface area (Å²) >= 11 is 0. The molecule has 88 valence electrons. The van der Waals surface area contributed by atoms with Gasteiger partial charge < -0.3 is 0 Å². The second-order valence-electron chi connectivity index (χ2n) is 4.29. The molecule has 1 N–H and O–H groups in total. The van der Waals surface area contributed by atoms with Crippen molar-refractivity contribution in [3.63, 3.8) is 0 Å². The third-order valence-electron chi connectivity index (χ3n) is 2.95. The smallest absolute Gasteiger partial charge is 0.116 e. The van der Waals surface area contributed by atoms with Gasteiger partial charge in [-0.2, -0.15) is 5.26 Å². The molecule has 0 aromatic heterocycles. The molecular formula is C12H25N3. The lowest BCUT2D eigenvalue weighted by Crippen LogP contribution is -2.52. The first-order valence-corrected chi connectivity index (χ1v) is 5.93. The van der Waals surface area contributed by atoms with Crippen LogP contribution in [0.15, 0.2) is 0 Å². The van der Waals surface area contributed by atoms with E-state index in [-0.39, 0.29) is 0 Å². The standard InChI is InChI=1S/C12H25N3/c1-6-11(4)15(8-3)10-12(5,9-13)14-7-2/h11,14H,6-8,10H2,1-5H3. The Morgan fingerprint density at radius 1 is 1.40 bits per heavy atom. The number of nitrogens with one attached hydrogen (secondary N) is 1. The Labute approximate surface area is 94.5 Å². The van der Waals surface area contributed by atoms with Crippen LogP contribution in [0.4, 0.5) is 0 Å². The Hall–Kier alpha value is -0.590. The van der Waals surface area contributed by atoms with E-state index in [1.54, 1.807) is 0 Å². The van der Waals surface area contributed by atoms with Crippen molar-refractivity contribution in [1.82, 2.24) is 10.2 Å². The molecule has 0 aliphatic rings. The largest absolute Gasteiger partial charge is 0.299 e. The minimum Gasteiger partial charge on any atom is -0.299 e. The Kier molecular flexibility index (Phi) is 6.55. The Bertz CT molecular complexity index is 209. The maximum absolute atomic E-state index is 9.18. The normalized spacial score (nSPS) is 17.1. The van der Waals surface area contributed by atoms with Crippen LogP contribution in [-0.2, 0) is 0 Å². The van der Waals surface area contributed by atoms with Gasteiger partial charge in [-0.15, -0.1) is 0 Å². The first kappa shape index (κ1) is 14.4. The number of nitriles is 1. The van der Waals surface area contributed by atoms with E-state index in [2.05, 4.69) is 37.1 Å². The van der Waals surface area contributed by atoms with Crippen molar-refractivity contribution < 1.29 is 0 Å². The van der Waals surface area contributed by atoms with E-state index in [0.29, 0.717) is 6.04 Å². The molecule has 2 atom stereocenters. The molecule has 0 aliphatic heterocycles. The number of likely N-dealkylation sites (N-methyl/N-ethyl adjacent to an activating group) is 2. The first-order valence-electron chi connectivity index (χ1n) is 5.93. The Balaban J connectivity index is 4.44. The highest BCUT2D eigenvalue weighted by Crippen LogP contribution is 2.10. The van der Waals surface area contributed by atoms with E-state index < -0.39 is 5.54 Å². The van der Waals surface area contributed by atoms with Crippen LogP contribution in [0.2, 0.25) is 0 Å². The highest BCUT2D eigenvalue weighted by atomic mass is 15.2. The molecule has 0 saturated heterocycles. The maximum Gasteiger partial charge on any atom is 0.116 e. The van der Waals surface area contributed by atoms with Gasteiger partial charge in [-0.3, -0.25) is 10.2 Å². The van der Waals surface area contributed by atoms with Crippen LogP contribution in [0.5, 0.6) is 0 Å². The highest BCUT2D eigenvalue weighted by Gasteiger charge is 2.26. The highest BCUT2D eigenvalue weighted by molar-refractivity contribution is 5.05. The monoisotopic (exact) mass is 211 g/mol. The maximum atomic E-state index is 9.18. The average Bonchev–Trinajstić information content (AvgIpc) is 2.25. The minimum atomic E-state index is -0.422. The van der Waals surface area contributed by atoms with E-state index in [4.69, 9.17) is 0 Å². The zero-order chi connectivity index (χ0) is 11.9. The third-order valence-corrected chi connectivity index (χ3v) is 2.95. The summed E-state index contributed by atoms with van der Waals surface area (Å²) in [6.45, 7) is 13.2. The number of hydrogen-bond acceptors (Lipinski definition) is 3. The van der Waals surface area contributed by atoms with Gasteiger partial charge in [0.1, 0.15) is 5.54 Å². The Morgan fingerprint density at radius 2 is 2.00 bits per heavy atom. The summed E-state index contributed by atoms with van der Waals surface area (Å²) in [6.07, 6.45) is 1.13. The van der Waals surface area contributed by atoms with Crippen LogP contribution < -0.4 is 5.32 Å². The molecule has 0 aliphatic carbocycles. The van der Waals surface area contributed by atoms with Crippen molar-refractivity contribution in [2.24, 2.45) is 0 Å². The molecule has 0 rings (SSSR count). The van der Waals surface area contributed by atoms with Gasteiger partial charge in [0.25, 0.3) is 0 Å². The fraction of sp³-hybridized carbons (Fsp3) is 0.917. The molecule has 2 unspecified atom stereocenters. The summed E-state index contributed by atoms with van der Waals surface area (Å²) in [4.78, 5) is 2.35. The molecule has 0 bridgehead atoms. The van der Waals surface area contributed by atoms with Gasteiger partial charge in [-0.05, 0) is 33.4 Å². The fourth-order valence-electron chi connectivity index (χ4n) is 1.76. The fourth-order valence-corrected chi connectivity index (χ4v) is 1.76. The number of hydrogen-bond donors (Lipinski definition) is 1. The number of nitrogens with zero attached hydrogens (tertiary/aromatic N) is 2. The zero-order valence-electron chi connectivity index (χ0n) is 10.8. The van der Waals surface area contributed by atoms with Crippen molar-refractivity contribution in [3.05, 3.63) is 0 Å². The molecule has 3 nitrogen and oxygen atoms in total. The quantitative estimate of drug-likeness (QED) is 0.700. The lowest BCUT2D eigenvalue weighted by molar-refractivity contribution is 0.175. The SMILES string of the molecule is CCNC(C)(C#N)CN(CC)C(C)CC. The zero-order valence-corrected chi connectivity index (χ0v) is 10.8. The molecule has 0 spiro atoms. The summed E-state index contributed by atoms with van der Waals surface area (Å²) < 4.78 is 0. The number of rotatable bonds is 7. The molecular weight excluding hydrogens is 186 g/mol. The molecule has 3 heteroatoms. The van der Waals surface area contributed by atoms with Crippen molar-refractivity contribution in [1.29, 1.82) is 5.26 Å². The van der Waals surface area contributed by atoms with Crippen LogP contribution in [0.25, 0.3) is 0 Å². The third kappa shape index (κ3) is 4.63. The molecule has 0 heterocycles. The van der Waals surface area contributed by atoms with E-state index >= 15 is 0 Å². The predicted octanol–water partition coefficient (Wildman–Crippen LogP) is 2.00. The van der Waals surface area contributed by atoms with Crippen LogP contribution in [0.1, 0.15) is 41.0 Å². The summed E-state index contributed by atoms with van der Waals surface area (Å²) in [7, 11) is 0. The molecule has 0 radical (unpaired) electrons. The van der Waals surface area contributed by atoms with E-state index in [0.717, 1.165) is 26.1 Å². The van der Waals surface area contributed by atoms with Gasteiger partial charge >= 0.3 is 0 Å². The van der Waals surface area contributed by atoms with Gasteiger partial charge in [0.15, 0.2) is 0 Å². The van der Waals surface area contributed by atoms with Crippen molar-refractivity contribution >= 4 is 0 Å². The van der Waals surface area contributed by atoms with Crippen molar-refractivity contribution in [2.45, 2.75) is 52.6 Å². The minimum absolute atomic E-state index is 0.422. The molecule has 0 amide bonds. The topological polar surface area (TPSA) is 39.1 Å². The van der Waals surface area contributed by atoms with Crippen LogP contribution in [0, 0.1) is 11.3 Å². The molecule has 0 aromatic carbocycles. The molecule has 0 aromatic rings. The lowest BCUT2D eigenvalue weighted by atomic mass is 10.0. The van der Waals surface area contributed by atoms with Gasteiger partial charge in [0, 0.05) is 12.6 Å². The second-order valence-corrected chi connectivity index (χ2v) is 4.29. The van der Waals surface area contributed by atoms with Crippen LogP contribution >= 0.6 is 0 Å². The average molecular weight is 211 g/mol. The lowest BCUT2D eigenvalue weighted by Gasteiger charge is -2.34. The molecule has 15 heavy (non-hydrogen) atoms. The van der Waals surface area contributed by atoms with Crippen molar-refractivity contribution in [2.75, 3.05) is 19.6 Å². The summed E-state index contributed by atoms with van der Waals surface area (Å²) in [5.74, 6) is 0. The van der Waals surface area contributed by atoms with Gasteiger partial charge in [-0.1, -0.05) is 20.8 Å². The second kappa shape index (κ2) is 6.81. The van der Waals surface area contributed by atoms with Crippen LogP contribution in [-0.4, -0.2) is 36.1 Å². The van der Waals surface area contributed by atoms with Crippen molar-refractivity contribution in [3.8, 4) is 6.07 Å². The van der Waals surface area contributed by atoms with E-state index in [1.165, 1.54) is 0 Å². The van der Waals surface area contributed by atoms with Gasteiger partial charge in [0.2, 0.25) is 0 Å². The predicted molar refractivity (Wildman–Crippen MR) is 64.7 cm³/mol. The summed E-state index contributed by atoms with van der Waals surface area (Å²) in [6, 6.07) is 2.91. The summed E-state index contributed by atoms with van der Waals surface area (Å²) in [5.41, 5.74) is -0.422. The van der Waals surface area contributed by atoms with Gasteiger partial charge in [-0.25, -0.2) is 0 Å². The van der Waals surface area contributed by atoms with E-state index in [9.17, 15) is 5.26 Å². The van der Waals surface area contributed by atoms with E-state index in [1.807, 2.05) is 13.8 Å².